The van der Waals surface area contributed by atoms with Crippen molar-refractivity contribution < 1.29 is 9.53 Å². The molecule has 0 bridgehead atoms. The number of carbonyl (C=O) groups is 1. The predicted octanol–water partition coefficient (Wildman–Crippen LogP) is 7.64. The number of halogens is 4. The molecule has 3 rings (SSSR count). The van der Waals surface area contributed by atoms with Gasteiger partial charge in [0.25, 0.3) is 5.91 Å². The Morgan fingerprint density at radius 3 is 2.10 bits per heavy atom. The third-order valence-electron chi connectivity index (χ3n) is 4.10. The summed E-state index contributed by atoms with van der Waals surface area (Å²) in [5, 5.41) is 12.7. The van der Waals surface area contributed by atoms with Crippen LogP contribution in [0, 0.1) is 11.3 Å². The van der Waals surface area contributed by atoms with Crippen LogP contribution in [0.5, 0.6) is 5.75 Å². The van der Waals surface area contributed by atoms with E-state index in [0.29, 0.717) is 23.6 Å². The number of carbonyl (C=O) groups excluding carboxylic acids is 1. The van der Waals surface area contributed by atoms with E-state index in [1.165, 1.54) is 6.08 Å². The van der Waals surface area contributed by atoms with Gasteiger partial charge >= 0.3 is 0 Å². The molecule has 0 spiro atoms. The van der Waals surface area contributed by atoms with Crippen molar-refractivity contribution in [3.8, 4) is 11.8 Å². The van der Waals surface area contributed by atoms with E-state index in [-0.39, 0.29) is 15.6 Å². The summed E-state index contributed by atoms with van der Waals surface area (Å²) in [7, 11) is 0. The van der Waals surface area contributed by atoms with Crippen LogP contribution in [0.4, 0.5) is 5.69 Å². The molecule has 0 unspecified atom stereocenters. The van der Waals surface area contributed by atoms with E-state index in [1.807, 2.05) is 30.3 Å². The highest BCUT2D eigenvalue weighted by Gasteiger charge is 2.13. The lowest BCUT2D eigenvalue weighted by molar-refractivity contribution is -0.112. The number of amides is 1. The SMILES string of the molecule is N#C/C(=C/c1cc(Cl)c(OCc2ccc(Br)cc2)c(Cl)c1)C(=O)Nc1ccc(Br)cc1. The molecule has 31 heavy (non-hydrogen) atoms. The van der Waals surface area contributed by atoms with E-state index >= 15 is 0 Å². The van der Waals surface area contributed by atoms with Crippen LogP contribution < -0.4 is 10.1 Å². The van der Waals surface area contributed by atoms with Gasteiger partial charge in [0.15, 0.2) is 5.75 Å². The van der Waals surface area contributed by atoms with E-state index in [4.69, 9.17) is 27.9 Å². The van der Waals surface area contributed by atoms with Gasteiger partial charge in [-0.2, -0.15) is 5.26 Å². The molecule has 3 aromatic carbocycles. The molecule has 0 aromatic heterocycles. The Morgan fingerprint density at radius 1 is 1.00 bits per heavy atom. The molecule has 1 amide bonds. The predicted molar refractivity (Wildman–Crippen MR) is 131 cm³/mol. The molecule has 0 saturated carbocycles. The highest BCUT2D eigenvalue weighted by atomic mass is 79.9. The Hall–Kier alpha value is -2.30. The summed E-state index contributed by atoms with van der Waals surface area (Å²) in [5.41, 5.74) is 1.95. The van der Waals surface area contributed by atoms with Crippen molar-refractivity contribution >= 4 is 72.7 Å². The number of anilines is 1. The van der Waals surface area contributed by atoms with E-state index in [2.05, 4.69) is 37.2 Å². The van der Waals surface area contributed by atoms with Crippen LogP contribution in [0.15, 0.2) is 75.2 Å². The van der Waals surface area contributed by atoms with Crippen molar-refractivity contribution in [1.29, 1.82) is 5.26 Å². The Kier molecular flexibility index (Phi) is 8.16. The Bertz CT molecular complexity index is 1150. The summed E-state index contributed by atoms with van der Waals surface area (Å²) in [4.78, 5) is 12.4. The molecule has 4 nitrogen and oxygen atoms in total. The Morgan fingerprint density at radius 2 is 1.55 bits per heavy atom. The first-order valence-electron chi connectivity index (χ1n) is 8.90. The second kappa shape index (κ2) is 10.8. The molecule has 8 heteroatoms. The van der Waals surface area contributed by atoms with Crippen molar-refractivity contribution in [2.45, 2.75) is 6.61 Å². The second-order valence-corrected chi connectivity index (χ2v) is 9.01. The number of nitrogens with one attached hydrogen (secondary N) is 1. The monoisotopic (exact) mass is 578 g/mol. The van der Waals surface area contributed by atoms with E-state index in [1.54, 1.807) is 36.4 Å². The minimum Gasteiger partial charge on any atom is -0.486 e. The van der Waals surface area contributed by atoms with Gasteiger partial charge in [-0.1, -0.05) is 67.2 Å². The van der Waals surface area contributed by atoms with Gasteiger partial charge in [0.05, 0.1) is 10.0 Å². The van der Waals surface area contributed by atoms with Gasteiger partial charge in [-0.05, 0) is 65.7 Å². The van der Waals surface area contributed by atoms with Crippen LogP contribution in [0.3, 0.4) is 0 Å². The highest BCUT2D eigenvalue weighted by Crippen LogP contribution is 2.35. The smallest absolute Gasteiger partial charge is 0.266 e. The van der Waals surface area contributed by atoms with Crippen LogP contribution in [0.2, 0.25) is 10.0 Å². The van der Waals surface area contributed by atoms with Crippen molar-refractivity contribution in [3.63, 3.8) is 0 Å². The summed E-state index contributed by atoms with van der Waals surface area (Å²) in [6.07, 6.45) is 1.42. The third kappa shape index (κ3) is 6.59. The van der Waals surface area contributed by atoms with E-state index in [0.717, 1.165) is 14.5 Å². The molecule has 0 aliphatic rings. The van der Waals surface area contributed by atoms with Crippen LogP contribution >= 0.6 is 55.1 Å². The molecule has 156 valence electrons. The van der Waals surface area contributed by atoms with Crippen molar-refractivity contribution in [1.82, 2.24) is 0 Å². The Labute approximate surface area is 206 Å². The second-order valence-electron chi connectivity index (χ2n) is 6.36. The average molecular weight is 581 g/mol. The van der Waals surface area contributed by atoms with Crippen molar-refractivity contribution in [3.05, 3.63) is 96.4 Å². The number of hydrogen-bond acceptors (Lipinski definition) is 3. The normalized spacial score (nSPS) is 11.0. The molecule has 0 radical (unpaired) electrons. The lowest BCUT2D eigenvalue weighted by Gasteiger charge is -2.11. The van der Waals surface area contributed by atoms with Gasteiger partial charge in [-0.25, -0.2) is 0 Å². The van der Waals surface area contributed by atoms with Crippen LogP contribution in [-0.4, -0.2) is 5.91 Å². The molecule has 0 aliphatic heterocycles. The molecule has 0 fully saturated rings. The van der Waals surface area contributed by atoms with Gasteiger partial charge in [0.2, 0.25) is 0 Å². The molecule has 0 atom stereocenters. The highest BCUT2D eigenvalue weighted by molar-refractivity contribution is 9.10. The number of nitriles is 1. The van der Waals surface area contributed by atoms with E-state index < -0.39 is 5.91 Å². The zero-order chi connectivity index (χ0) is 22.4. The molecule has 3 aromatic rings. The maximum Gasteiger partial charge on any atom is 0.266 e. The number of ether oxygens (including phenoxy) is 1. The maximum absolute atomic E-state index is 12.4. The van der Waals surface area contributed by atoms with E-state index in [9.17, 15) is 10.1 Å². The fourth-order valence-corrected chi connectivity index (χ4v) is 3.73. The first-order valence-corrected chi connectivity index (χ1v) is 11.2. The third-order valence-corrected chi connectivity index (χ3v) is 5.71. The standard InChI is InChI=1S/C23H14Br2Cl2N2O2/c24-17-3-1-14(2-4-17)13-31-22-20(26)10-15(11-21(22)27)9-16(12-28)23(30)29-19-7-5-18(25)6-8-19/h1-11H,13H2,(H,29,30)/b16-9-. The minimum atomic E-state index is -0.535. The van der Waals surface area contributed by atoms with Crippen LogP contribution in [0.25, 0.3) is 6.08 Å². The summed E-state index contributed by atoms with van der Waals surface area (Å²) in [6.45, 7) is 0.293. The van der Waals surface area contributed by atoms with Gasteiger partial charge < -0.3 is 10.1 Å². The van der Waals surface area contributed by atoms with Crippen molar-refractivity contribution in [2.75, 3.05) is 5.32 Å². The van der Waals surface area contributed by atoms with Gasteiger partial charge in [-0.15, -0.1) is 0 Å². The first-order chi connectivity index (χ1) is 14.9. The zero-order valence-corrected chi connectivity index (χ0v) is 20.5. The number of hydrogen-bond donors (Lipinski definition) is 1. The van der Waals surface area contributed by atoms with Gasteiger partial charge in [0.1, 0.15) is 18.2 Å². The van der Waals surface area contributed by atoms with Gasteiger partial charge in [0, 0.05) is 14.6 Å². The number of benzene rings is 3. The van der Waals surface area contributed by atoms with Gasteiger partial charge in [-0.3, -0.25) is 4.79 Å². The van der Waals surface area contributed by atoms with Crippen LogP contribution in [0.1, 0.15) is 11.1 Å². The fourth-order valence-electron chi connectivity index (χ4n) is 2.58. The summed E-state index contributed by atoms with van der Waals surface area (Å²) >= 11 is 19.4. The topological polar surface area (TPSA) is 62.1 Å². The Balaban J connectivity index is 1.76. The molecule has 0 saturated heterocycles. The fraction of sp³-hybridized carbons (Fsp3) is 0.0435. The van der Waals surface area contributed by atoms with Crippen LogP contribution in [-0.2, 0) is 11.4 Å². The summed E-state index contributed by atoms with van der Waals surface area (Å²) < 4.78 is 7.62. The summed E-state index contributed by atoms with van der Waals surface area (Å²) in [6, 6.07) is 19.8. The van der Waals surface area contributed by atoms with Crippen molar-refractivity contribution in [2.24, 2.45) is 0 Å². The first kappa shape index (κ1) is 23.4. The number of rotatable bonds is 6. The molecule has 1 N–H and O–H groups in total. The number of nitrogens with zero attached hydrogens (tertiary/aromatic N) is 1. The minimum absolute atomic E-state index is 0.0846. The zero-order valence-electron chi connectivity index (χ0n) is 15.8. The average Bonchev–Trinajstić information content (AvgIpc) is 2.74. The molecule has 0 aliphatic carbocycles. The summed E-state index contributed by atoms with van der Waals surface area (Å²) in [5.74, 6) is -0.200. The quantitative estimate of drug-likeness (QED) is 0.241. The maximum atomic E-state index is 12.4. The molecule has 0 heterocycles. The lowest BCUT2D eigenvalue weighted by Crippen LogP contribution is -2.13. The molecular formula is C23H14Br2Cl2N2O2. The molecular weight excluding hydrogens is 567 g/mol. The lowest BCUT2D eigenvalue weighted by atomic mass is 10.1. The largest absolute Gasteiger partial charge is 0.486 e.